The summed E-state index contributed by atoms with van der Waals surface area (Å²) < 4.78 is 5.44. The lowest BCUT2D eigenvalue weighted by Gasteiger charge is -2.48. The number of phenolic OH excluding ortho intramolecular Hbond substituents is 1. The number of phenols is 1. The Morgan fingerprint density at radius 1 is 1.08 bits per heavy atom. The van der Waals surface area contributed by atoms with E-state index in [4.69, 9.17) is 10.5 Å². The van der Waals surface area contributed by atoms with Gasteiger partial charge in [-0.2, -0.15) is 0 Å². The molecule has 4 N–H and O–H groups in total. The summed E-state index contributed by atoms with van der Waals surface area (Å²) in [5.74, 6) is -10.3. The van der Waals surface area contributed by atoms with Crippen LogP contribution in [-0.4, -0.2) is 58.3 Å². The van der Waals surface area contributed by atoms with Gasteiger partial charge in [0.1, 0.15) is 17.8 Å². The smallest absolute Gasteiger partial charge is 0.235 e. The van der Waals surface area contributed by atoms with Gasteiger partial charge in [-0.05, 0) is 54.2 Å². The number of benzene rings is 2. The Kier molecular flexibility index (Phi) is 5.60. The zero-order valence-corrected chi connectivity index (χ0v) is 19.7. The third kappa shape index (κ3) is 3.36. The van der Waals surface area contributed by atoms with Crippen molar-refractivity contribution in [3.63, 3.8) is 0 Å². The van der Waals surface area contributed by atoms with Crippen molar-refractivity contribution in [1.29, 1.82) is 0 Å². The SMILES string of the molecule is COc1ccc(C=O)cc1-c1ccc(O)c2c1C[C@H]1C[C@H]3CC(=O)C(C(N)=O)C(=O)[C@@]3(O)C(=O)C1C2=O. The fourth-order valence-corrected chi connectivity index (χ4v) is 6.23. The first-order chi connectivity index (χ1) is 17.5. The van der Waals surface area contributed by atoms with Gasteiger partial charge in [-0.3, -0.25) is 28.8 Å². The van der Waals surface area contributed by atoms with Crippen molar-refractivity contribution in [1.82, 2.24) is 0 Å². The lowest BCUT2D eigenvalue weighted by atomic mass is 9.53. The molecule has 2 saturated carbocycles. The van der Waals surface area contributed by atoms with Crippen molar-refractivity contribution < 1.29 is 43.7 Å². The highest BCUT2D eigenvalue weighted by Crippen LogP contribution is 2.51. The second-order valence-electron chi connectivity index (χ2n) is 9.80. The normalized spacial score (nSPS) is 28.7. The predicted molar refractivity (Wildman–Crippen MR) is 126 cm³/mol. The van der Waals surface area contributed by atoms with Gasteiger partial charge in [-0.1, -0.05) is 6.07 Å². The molecular weight excluding hydrogens is 482 g/mol. The maximum atomic E-state index is 13.7. The van der Waals surface area contributed by atoms with E-state index in [1.54, 1.807) is 24.3 Å². The molecule has 3 aliphatic rings. The van der Waals surface area contributed by atoms with Crippen LogP contribution < -0.4 is 10.5 Å². The molecule has 2 fully saturated rings. The molecule has 0 aliphatic heterocycles. The van der Waals surface area contributed by atoms with Crippen LogP contribution in [0, 0.1) is 23.7 Å². The summed E-state index contributed by atoms with van der Waals surface area (Å²) in [7, 11) is 1.45. The summed E-state index contributed by atoms with van der Waals surface area (Å²) in [6.07, 6.45) is 0.355. The van der Waals surface area contributed by atoms with E-state index in [1.165, 1.54) is 13.2 Å². The van der Waals surface area contributed by atoms with Gasteiger partial charge in [0.15, 0.2) is 34.7 Å². The van der Waals surface area contributed by atoms with Crippen molar-refractivity contribution in [3.8, 4) is 22.6 Å². The Balaban J connectivity index is 1.64. The predicted octanol–water partition coefficient (Wildman–Crippen LogP) is 0.815. The molecule has 0 saturated heterocycles. The molecule has 0 bridgehead atoms. The third-order valence-electron chi connectivity index (χ3n) is 7.94. The lowest BCUT2D eigenvalue weighted by Crippen LogP contribution is -2.68. The number of hydrogen-bond donors (Lipinski definition) is 3. The Labute approximate surface area is 210 Å². The van der Waals surface area contributed by atoms with Crippen LogP contribution >= 0.6 is 0 Å². The van der Waals surface area contributed by atoms with Crippen molar-refractivity contribution in [2.45, 2.75) is 24.9 Å². The van der Waals surface area contributed by atoms with Crippen LogP contribution in [-0.2, 0) is 25.6 Å². The summed E-state index contributed by atoms with van der Waals surface area (Å²) in [6, 6.07) is 7.63. The molecule has 10 nitrogen and oxygen atoms in total. The minimum Gasteiger partial charge on any atom is -0.507 e. The molecule has 10 heteroatoms. The number of carbonyl (C=O) groups is 6. The second kappa shape index (κ2) is 8.45. The maximum Gasteiger partial charge on any atom is 0.235 e. The molecule has 5 rings (SSSR count). The number of nitrogens with two attached hydrogens (primary N) is 1. The summed E-state index contributed by atoms with van der Waals surface area (Å²) in [6.45, 7) is 0. The van der Waals surface area contributed by atoms with E-state index < -0.39 is 64.7 Å². The highest BCUT2D eigenvalue weighted by Gasteiger charge is 2.66. The molecular formula is C27H23NO9. The fourth-order valence-electron chi connectivity index (χ4n) is 6.23. The number of aliphatic hydroxyl groups is 1. The molecule has 0 spiro atoms. The average molecular weight is 505 g/mol. The lowest BCUT2D eigenvalue weighted by molar-refractivity contribution is -0.175. The second-order valence-corrected chi connectivity index (χ2v) is 9.80. The van der Waals surface area contributed by atoms with Gasteiger partial charge < -0.3 is 20.7 Å². The molecule has 0 heterocycles. The first-order valence-corrected chi connectivity index (χ1v) is 11.7. The number of aldehydes is 1. The van der Waals surface area contributed by atoms with Gasteiger partial charge in [0.25, 0.3) is 0 Å². The van der Waals surface area contributed by atoms with E-state index in [1.807, 2.05) is 0 Å². The van der Waals surface area contributed by atoms with Gasteiger partial charge in [0.2, 0.25) is 5.91 Å². The van der Waals surface area contributed by atoms with Crippen LogP contribution in [0.3, 0.4) is 0 Å². The number of aromatic hydroxyl groups is 1. The van der Waals surface area contributed by atoms with Crippen molar-refractivity contribution in [2.75, 3.05) is 7.11 Å². The summed E-state index contributed by atoms with van der Waals surface area (Å²) in [4.78, 5) is 75.9. The van der Waals surface area contributed by atoms with Crippen LogP contribution in [0.15, 0.2) is 30.3 Å². The van der Waals surface area contributed by atoms with E-state index in [0.29, 0.717) is 34.3 Å². The minimum atomic E-state index is -2.70. The third-order valence-corrected chi connectivity index (χ3v) is 7.94. The number of rotatable bonds is 4. The number of methoxy groups -OCH3 is 1. The van der Waals surface area contributed by atoms with E-state index in [-0.39, 0.29) is 24.2 Å². The van der Waals surface area contributed by atoms with Gasteiger partial charge in [0.05, 0.1) is 18.6 Å². The Hall–Kier alpha value is -4.18. The number of primary amides is 1. The zero-order valence-electron chi connectivity index (χ0n) is 19.7. The van der Waals surface area contributed by atoms with E-state index in [9.17, 15) is 39.0 Å². The van der Waals surface area contributed by atoms with Gasteiger partial charge >= 0.3 is 0 Å². The molecule has 2 aromatic carbocycles. The highest BCUT2D eigenvalue weighted by atomic mass is 16.5. The summed E-state index contributed by atoms with van der Waals surface area (Å²) >= 11 is 0. The van der Waals surface area contributed by atoms with Crippen molar-refractivity contribution >= 4 is 35.3 Å². The topological polar surface area (TPSA) is 178 Å². The van der Waals surface area contributed by atoms with Crippen LogP contribution in [0.2, 0.25) is 0 Å². The largest absolute Gasteiger partial charge is 0.507 e. The zero-order chi connectivity index (χ0) is 26.8. The number of hydrogen-bond acceptors (Lipinski definition) is 9. The Morgan fingerprint density at radius 2 is 1.81 bits per heavy atom. The number of carbonyl (C=O) groups excluding carboxylic acids is 6. The maximum absolute atomic E-state index is 13.7. The molecule has 37 heavy (non-hydrogen) atoms. The standard InChI is InChI=1S/C27H23NO9/c1-37-19-5-2-11(10-29)6-15(19)14-3-4-17(30)21-16(14)8-12-7-13-9-18(31)22(26(28)35)25(34)27(13,36)24(33)20(12)23(21)32/h2-6,10,12-13,20,22,30,36H,7-9H2,1H3,(H2,28,35)/t12-,13+,20?,22?,27+/m1/s1. The van der Waals surface area contributed by atoms with Crippen LogP contribution in [0.5, 0.6) is 11.5 Å². The molecule has 2 aromatic rings. The van der Waals surface area contributed by atoms with Crippen molar-refractivity contribution in [3.05, 3.63) is 47.0 Å². The monoisotopic (exact) mass is 505 g/mol. The number of amides is 1. The Morgan fingerprint density at radius 3 is 2.46 bits per heavy atom. The van der Waals surface area contributed by atoms with Crippen molar-refractivity contribution in [2.24, 2.45) is 29.4 Å². The first kappa shape index (κ1) is 24.5. The van der Waals surface area contributed by atoms with Crippen LogP contribution in [0.25, 0.3) is 11.1 Å². The van der Waals surface area contributed by atoms with E-state index >= 15 is 0 Å². The molecule has 2 unspecified atom stereocenters. The fraction of sp³-hybridized carbons (Fsp3) is 0.333. The van der Waals surface area contributed by atoms with Gasteiger partial charge in [0, 0.05) is 23.5 Å². The van der Waals surface area contributed by atoms with E-state index in [2.05, 4.69) is 0 Å². The van der Waals surface area contributed by atoms with Crippen LogP contribution in [0.1, 0.15) is 39.1 Å². The average Bonchev–Trinajstić information content (AvgIpc) is 2.85. The number of ether oxygens (including phenoxy) is 1. The number of fused-ring (bicyclic) bond motifs is 3. The quantitative estimate of drug-likeness (QED) is 0.401. The minimum absolute atomic E-state index is 0.0122. The first-order valence-electron chi connectivity index (χ1n) is 11.7. The molecule has 0 aromatic heterocycles. The van der Waals surface area contributed by atoms with Gasteiger partial charge in [-0.15, -0.1) is 0 Å². The van der Waals surface area contributed by atoms with Crippen LogP contribution in [0.4, 0.5) is 0 Å². The molecule has 5 atom stereocenters. The number of ketones is 4. The van der Waals surface area contributed by atoms with E-state index in [0.717, 1.165) is 0 Å². The summed E-state index contributed by atoms with van der Waals surface area (Å²) in [5.41, 5.74) is 4.17. The van der Waals surface area contributed by atoms with Gasteiger partial charge in [-0.25, -0.2) is 0 Å². The highest BCUT2D eigenvalue weighted by molar-refractivity contribution is 6.31. The Bertz CT molecular complexity index is 1430. The number of Topliss-reactive ketones (excluding diaryl/α,β-unsaturated/α-hetero) is 4. The summed E-state index contributed by atoms with van der Waals surface area (Å²) in [5, 5.41) is 21.9. The molecule has 190 valence electrons. The molecule has 1 amide bonds. The molecule has 0 radical (unpaired) electrons. The molecule has 3 aliphatic carbocycles.